The molecule has 0 saturated carbocycles. The van der Waals surface area contributed by atoms with Crippen LogP contribution >= 0.6 is 11.8 Å². The van der Waals surface area contributed by atoms with Gasteiger partial charge in [0.2, 0.25) is 0 Å². The molecule has 6 nitrogen and oxygen atoms in total. The Morgan fingerprint density at radius 1 is 1.25 bits per heavy atom. The molecule has 1 N–H and O–H groups in total. The Morgan fingerprint density at radius 2 is 1.92 bits per heavy atom. The molecule has 2 rings (SSSR count). The van der Waals surface area contributed by atoms with Crippen molar-refractivity contribution < 1.29 is 9.72 Å². The summed E-state index contributed by atoms with van der Waals surface area (Å²) in [5.41, 5.74) is 3.85. The van der Waals surface area contributed by atoms with Crippen LogP contribution in [0.4, 0.5) is 5.69 Å². The second-order valence-electron chi connectivity index (χ2n) is 4.99. The monoisotopic (exact) mass is 343 g/mol. The van der Waals surface area contributed by atoms with Gasteiger partial charge in [-0.25, -0.2) is 5.43 Å². The average Bonchev–Trinajstić information content (AvgIpc) is 2.60. The number of benzene rings is 2. The highest BCUT2D eigenvalue weighted by molar-refractivity contribution is 7.99. The van der Waals surface area contributed by atoms with Crippen molar-refractivity contribution in [3.63, 3.8) is 0 Å². The quantitative estimate of drug-likeness (QED) is 0.474. The van der Waals surface area contributed by atoms with Crippen LogP contribution in [0.5, 0.6) is 0 Å². The first kappa shape index (κ1) is 17.7. The van der Waals surface area contributed by atoms with Gasteiger partial charge in [0.05, 0.1) is 22.0 Å². The van der Waals surface area contributed by atoms with Crippen LogP contribution in [0.2, 0.25) is 0 Å². The number of nitrogens with one attached hydrogen (secondary N) is 1. The van der Waals surface area contributed by atoms with Crippen molar-refractivity contribution in [1.29, 1.82) is 0 Å². The summed E-state index contributed by atoms with van der Waals surface area (Å²) in [6.45, 7) is 1.80. The summed E-state index contributed by atoms with van der Waals surface area (Å²) in [7, 11) is 0. The van der Waals surface area contributed by atoms with E-state index in [0.29, 0.717) is 5.56 Å². The van der Waals surface area contributed by atoms with Crippen molar-refractivity contribution in [1.82, 2.24) is 5.43 Å². The standard InChI is InChI=1S/C17H17N3O3S/c1-13(24-12-14-7-3-2-4-8-14)17(21)19-18-11-15-9-5-6-10-16(15)20(22)23/h2-11,13H,12H2,1H3,(H,19,21). The number of carbonyl (C=O) groups excluding carboxylic acids is 1. The summed E-state index contributed by atoms with van der Waals surface area (Å²) in [6.07, 6.45) is 1.28. The molecule has 0 aliphatic rings. The van der Waals surface area contributed by atoms with Gasteiger partial charge in [-0.3, -0.25) is 14.9 Å². The fourth-order valence-corrected chi connectivity index (χ4v) is 2.73. The smallest absolute Gasteiger partial charge is 0.272 e. The first-order valence-corrected chi connectivity index (χ1v) is 8.34. The van der Waals surface area contributed by atoms with E-state index in [1.165, 1.54) is 24.0 Å². The maximum absolute atomic E-state index is 12.0. The number of nitro groups is 1. The predicted molar refractivity (Wildman–Crippen MR) is 96.0 cm³/mol. The molecule has 2 aromatic carbocycles. The number of amides is 1. The van der Waals surface area contributed by atoms with E-state index in [1.54, 1.807) is 25.1 Å². The van der Waals surface area contributed by atoms with Gasteiger partial charge in [-0.2, -0.15) is 5.10 Å². The zero-order valence-corrected chi connectivity index (χ0v) is 13.9. The molecule has 0 heterocycles. The molecule has 0 saturated heterocycles. The lowest BCUT2D eigenvalue weighted by Gasteiger charge is -2.09. The van der Waals surface area contributed by atoms with Crippen molar-refractivity contribution in [3.05, 3.63) is 75.8 Å². The van der Waals surface area contributed by atoms with E-state index in [2.05, 4.69) is 10.5 Å². The van der Waals surface area contributed by atoms with E-state index in [-0.39, 0.29) is 16.8 Å². The minimum atomic E-state index is -0.485. The van der Waals surface area contributed by atoms with Gasteiger partial charge in [0, 0.05) is 11.8 Å². The van der Waals surface area contributed by atoms with Gasteiger partial charge >= 0.3 is 0 Å². The second-order valence-corrected chi connectivity index (χ2v) is 6.32. The van der Waals surface area contributed by atoms with Crippen LogP contribution in [0.15, 0.2) is 59.7 Å². The highest BCUT2D eigenvalue weighted by Crippen LogP contribution is 2.18. The molecule has 0 aromatic heterocycles. The maximum atomic E-state index is 12.0. The van der Waals surface area contributed by atoms with Crippen molar-refractivity contribution in [2.24, 2.45) is 5.10 Å². The van der Waals surface area contributed by atoms with Gasteiger partial charge in [-0.05, 0) is 18.6 Å². The molecule has 1 unspecified atom stereocenters. The molecule has 0 radical (unpaired) electrons. The van der Waals surface area contributed by atoms with E-state index in [9.17, 15) is 14.9 Å². The van der Waals surface area contributed by atoms with E-state index < -0.39 is 4.92 Å². The molecule has 24 heavy (non-hydrogen) atoms. The molecule has 2 aromatic rings. The summed E-state index contributed by atoms with van der Waals surface area (Å²) in [5.74, 6) is 0.481. The van der Waals surface area contributed by atoms with Crippen LogP contribution in [-0.2, 0) is 10.5 Å². The van der Waals surface area contributed by atoms with Gasteiger partial charge in [0.1, 0.15) is 0 Å². The third kappa shape index (κ3) is 5.20. The van der Waals surface area contributed by atoms with Gasteiger partial charge in [0.15, 0.2) is 0 Å². The zero-order chi connectivity index (χ0) is 17.4. The Bertz CT molecular complexity index is 735. The summed E-state index contributed by atoms with van der Waals surface area (Å²) in [6, 6.07) is 16.1. The normalized spacial score (nSPS) is 12.0. The molecular weight excluding hydrogens is 326 g/mol. The molecule has 0 fully saturated rings. The number of thioether (sulfide) groups is 1. The summed E-state index contributed by atoms with van der Waals surface area (Å²) in [5, 5.41) is 14.4. The number of carbonyl (C=O) groups is 1. The number of hydrogen-bond donors (Lipinski definition) is 1. The summed E-state index contributed by atoms with van der Waals surface area (Å²) >= 11 is 1.50. The lowest BCUT2D eigenvalue weighted by molar-refractivity contribution is -0.385. The predicted octanol–water partition coefficient (Wildman–Crippen LogP) is 3.37. The molecule has 0 bridgehead atoms. The number of hydrogen-bond acceptors (Lipinski definition) is 5. The van der Waals surface area contributed by atoms with Crippen LogP contribution < -0.4 is 5.43 Å². The average molecular weight is 343 g/mol. The first-order chi connectivity index (χ1) is 11.6. The molecule has 124 valence electrons. The molecule has 1 atom stereocenters. The molecular formula is C17H17N3O3S. The minimum Gasteiger partial charge on any atom is -0.272 e. The highest BCUT2D eigenvalue weighted by Gasteiger charge is 2.13. The Morgan fingerprint density at radius 3 is 2.62 bits per heavy atom. The number of para-hydroxylation sites is 1. The van der Waals surface area contributed by atoms with Crippen molar-refractivity contribution in [2.45, 2.75) is 17.9 Å². The van der Waals surface area contributed by atoms with Crippen molar-refractivity contribution in [2.75, 3.05) is 0 Å². The zero-order valence-electron chi connectivity index (χ0n) is 13.1. The fourth-order valence-electron chi connectivity index (χ4n) is 1.89. The van der Waals surface area contributed by atoms with E-state index >= 15 is 0 Å². The topological polar surface area (TPSA) is 84.6 Å². The van der Waals surface area contributed by atoms with E-state index in [4.69, 9.17) is 0 Å². The molecule has 0 spiro atoms. The van der Waals surface area contributed by atoms with Crippen LogP contribution in [0.25, 0.3) is 0 Å². The lowest BCUT2D eigenvalue weighted by atomic mass is 10.2. The van der Waals surface area contributed by atoms with E-state index in [1.807, 2.05) is 30.3 Å². The Hall–Kier alpha value is -2.67. The number of hydrazone groups is 1. The minimum absolute atomic E-state index is 0.0537. The molecule has 1 amide bonds. The van der Waals surface area contributed by atoms with Gasteiger partial charge < -0.3 is 0 Å². The number of nitrogens with zero attached hydrogens (tertiary/aromatic N) is 2. The highest BCUT2D eigenvalue weighted by atomic mass is 32.2. The SMILES string of the molecule is CC(SCc1ccccc1)C(=O)NN=Cc1ccccc1[N+](=O)[O-]. The van der Waals surface area contributed by atoms with Crippen molar-refractivity contribution >= 4 is 29.6 Å². The number of nitro benzene ring substituents is 1. The molecule has 0 aliphatic heterocycles. The Labute approximate surface area is 144 Å². The first-order valence-electron chi connectivity index (χ1n) is 7.30. The Balaban J connectivity index is 1.87. The van der Waals surface area contributed by atoms with Crippen LogP contribution in [0.3, 0.4) is 0 Å². The van der Waals surface area contributed by atoms with Gasteiger partial charge in [-0.15, -0.1) is 11.8 Å². The largest absolute Gasteiger partial charge is 0.278 e. The molecule has 0 aliphatic carbocycles. The number of rotatable bonds is 7. The third-order valence-corrected chi connectivity index (χ3v) is 4.44. The third-order valence-electron chi connectivity index (χ3n) is 3.22. The molecule has 7 heteroatoms. The van der Waals surface area contributed by atoms with E-state index in [0.717, 1.165) is 11.3 Å². The van der Waals surface area contributed by atoms with Crippen LogP contribution in [0, 0.1) is 10.1 Å². The fraction of sp³-hybridized carbons (Fsp3) is 0.176. The van der Waals surface area contributed by atoms with Gasteiger partial charge in [-0.1, -0.05) is 42.5 Å². The van der Waals surface area contributed by atoms with Crippen LogP contribution in [-0.4, -0.2) is 22.3 Å². The van der Waals surface area contributed by atoms with Gasteiger partial charge in [0.25, 0.3) is 11.6 Å². The van der Waals surface area contributed by atoms with Crippen molar-refractivity contribution in [3.8, 4) is 0 Å². The van der Waals surface area contributed by atoms with Crippen LogP contribution in [0.1, 0.15) is 18.1 Å². The second kappa shape index (κ2) is 8.83. The lowest BCUT2D eigenvalue weighted by Crippen LogP contribution is -2.27. The summed E-state index contributed by atoms with van der Waals surface area (Å²) in [4.78, 5) is 22.4. The maximum Gasteiger partial charge on any atom is 0.278 e. The summed E-state index contributed by atoms with van der Waals surface area (Å²) < 4.78 is 0. The Kier molecular flexibility index (Phi) is 6.51.